The number of hydrogen-bond acceptors (Lipinski definition) is 3. The number of para-hydroxylation sites is 1. The van der Waals surface area contributed by atoms with Gasteiger partial charge in [-0.3, -0.25) is 0 Å². The molecule has 4 aromatic rings. The van der Waals surface area contributed by atoms with E-state index in [4.69, 9.17) is 4.52 Å². The highest BCUT2D eigenvalue weighted by Gasteiger charge is 2.11. The van der Waals surface area contributed by atoms with Crippen molar-refractivity contribution in [1.82, 2.24) is 15.1 Å². The maximum Gasteiger partial charge on any atom is 0.231 e. The van der Waals surface area contributed by atoms with Crippen molar-refractivity contribution in [1.29, 1.82) is 0 Å². The standard InChI is InChI=1S/C17H12FN3O/c18-13-7-5-11(6-8-13)17-20-16(22-21-17)9-12-10-19-15-4-2-1-3-14(12)15/h1-8,10,19H,9H2. The molecule has 2 aromatic heterocycles. The molecule has 22 heavy (non-hydrogen) atoms. The first-order chi connectivity index (χ1) is 10.8. The number of nitrogens with zero attached hydrogens (tertiary/aromatic N) is 2. The Hall–Kier alpha value is -2.95. The third kappa shape index (κ3) is 2.26. The summed E-state index contributed by atoms with van der Waals surface area (Å²) >= 11 is 0. The molecule has 108 valence electrons. The molecule has 0 amide bonds. The second-order valence-electron chi connectivity index (χ2n) is 5.05. The number of aromatic nitrogens is 3. The fraction of sp³-hybridized carbons (Fsp3) is 0.0588. The molecule has 2 heterocycles. The van der Waals surface area contributed by atoms with Gasteiger partial charge in [0.05, 0.1) is 6.42 Å². The van der Waals surface area contributed by atoms with Gasteiger partial charge in [0.1, 0.15) is 5.82 Å². The number of aromatic amines is 1. The largest absolute Gasteiger partial charge is 0.361 e. The first kappa shape index (κ1) is 12.8. The van der Waals surface area contributed by atoms with E-state index in [0.717, 1.165) is 22.0 Å². The summed E-state index contributed by atoms with van der Waals surface area (Å²) in [5.74, 6) is 0.713. The Morgan fingerprint density at radius 3 is 2.73 bits per heavy atom. The van der Waals surface area contributed by atoms with E-state index in [0.29, 0.717) is 18.1 Å². The summed E-state index contributed by atoms with van der Waals surface area (Å²) in [6.45, 7) is 0. The van der Waals surface area contributed by atoms with Crippen LogP contribution in [0.5, 0.6) is 0 Å². The lowest BCUT2D eigenvalue weighted by atomic mass is 10.1. The average molecular weight is 293 g/mol. The lowest BCUT2D eigenvalue weighted by molar-refractivity contribution is 0.386. The molecule has 0 atom stereocenters. The van der Waals surface area contributed by atoms with Crippen LogP contribution in [0, 0.1) is 5.82 Å². The van der Waals surface area contributed by atoms with Gasteiger partial charge in [0.15, 0.2) is 0 Å². The van der Waals surface area contributed by atoms with E-state index in [9.17, 15) is 4.39 Å². The minimum Gasteiger partial charge on any atom is -0.361 e. The lowest BCUT2D eigenvalue weighted by Gasteiger charge is -1.94. The van der Waals surface area contributed by atoms with Crippen molar-refractivity contribution in [2.45, 2.75) is 6.42 Å². The summed E-state index contributed by atoms with van der Waals surface area (Å²) < 4.78 is 18.2. The predicted molar refractivity (Wildman–Crippen MR) is 80.8 cm³/mol. The summed E-state index contributed by atoms with van der Waals surface area (Å²) in [4.78, 5) is 7.60. The van der Waals surface area contributed by atoms with Crippen LogP contribution in [0.15, 0.2) is 59.3 Å². The van der Waals surface area contributed by atoms with Crippen LogP contribution >= 0.6 is 0 Å². The highest BCUT2D eigenvalue weighted by molar-refractivity contribution is 5.83. The molecule has 4 nitrogen and oxygen atoms in total. The number of fused-ring (bicyclic) bond motifs is 1. The number of nitrogens with one attached hydrogen (secondary N) is 1. The van der Waals surface area contributed by atoms with Crippen molar-refractivity contribution in [2.24, 2.45) is 0 Å². The molecule has 0 fully saturated rings. The monoisotopic (exact) mass is 293 g/mol. The molecule has 0 spiro atoms. The summed E-state index contributed by atoms with van der Waals surface area (Å²) in [6.07, 6.45) is 2.50. The molecule has 0 bridgehead atoms. The van der Waals surface area contributed by atoms with Gasteiger partial charge in [-0.25, -0.2) is 4.39 Å². The first-order valence-corrected chi connectivity index (χ1v) is 6.93. The molecule has 0 aliphatic heterocycles. The van der Waals surface area contributed by atoms with Crippen molar-refractivity contribution in [3.8, 4) is 11.4 Å². The fourth-order valence-electron chi connectivity index (χ4n) is 2.48. The molecule has 2 aromatic carbocycles. The van der Waals surface area contributed by atoms with E-state index in [1.807, 2.05) is 24.4 Å². The highest BCUT2D eigenvalue weighted by Crippen LogP contribution is 2.22. The molecule has 0 radical (unpaired) electrons. The van der Waals surface area contributed by atoms with Gasteiger partial charge in [0, 0.05) is 22.7 Å². The Balaban J connectivity index is 1.63. The lowest BCUT2D eigenvalue weighted by Crippen LogP contribution is -1.87. The van der Waals surface area contributed by atoms with Crippen molar-refractivity contribution in [2.75, 3.05) is 0 Å². The third-order valence-electron chi connectivity index (χ3n) is 3.59. The number of H-pyrrole nitrogens is 1. The molecular formula is C17H12FN3O. The van der Waals surface area contributed by atoms with Crippen LogP contribution in [0.2, 0.25) is 0 Å². The van der Waals surface area contributed by atoms with Gasteiger partial charge in [-0.1, -0.05) is 23.4 Å². The van der Waals surface area contributed by atoms with Gasteiger partial charge < -0.3 is 9.51 Å². The van der Waals surface area contributed by atoms with Crippen molar-refractivity contribution < 1.29 is 8.91 Å². The number of halogens is 1. The zero-order valence-electron chi connectivity index (χ0n) is 11.6. The van der Waals surface area contributed by atoms with Crippen LogP contribution in [0.1, 0.15) is 11.5 Å². The molecule has 1 N–H and O–H groups in total. The quantitative estimate of drug-likeness (QED) is 0.622. The molecule has 4 rings (SSSR count). The Morgan fingerprint density at radius 2 is 1.86 bits per heavy atom. The van der Waals surface area contributed by atoms with Crippen LogP contribution in [0.3, 0.4) is 0 Å². The van der Waals surface area contributed by atoms with Gasteiger partial charge in [-0.2, -0.15) is 4.98 Å². The fourth-order valence-corrected chi connectivity index (χ4v) is 2.48. The van der Waals surface area contributed by atoms with Crippen LogP contribution in [0.4, 0.5) is 4.39 Å². The van der Waals surface area contributed by atoms with E-state index in [-0.39, 0.29) is 5.82 Å². The van der Waals surface area contributed by atoms with Gasteiger partial charge in [0.25, 0.3) is 0 Å². The van der Waals surface area contributed by atoms with E-state index in [2.05, 4.69) is 21.2 Å². The topological polar surface area (TPSA) is 54.7 Å². The zero-order valence-corrected chi connectivity index (χ0v) is 11.6. The van der Waals surface area contributed by atoms with Crippen LogP contribution < -0.4 is 0 Å². The summed E-state index contributed by atoms with van der Waals surface area (Å²) in [6, 6.07) is 14.1. The molecule has 0 saturated heterocycles. The molecule has 5 heteroatoms. The Kier molecular flexibility index (Phi) is 2.96. The van der Waals surface area contributed by atoms with Crippen LogP contribution in [0.25, 0.3) is 22.3 Å². The van der Waals surface area contributed by atoms with E-state index in [1.165, 1.54) is 12.1 Å². The second-order valence-corrected chi connectivity index (χ2v) is 5.05. The molecule has 0 saturated carbocycles. The van der Waals surface area contributed by atoms with Crippen LogP contribution in [-0.2, 0) is 6.42 Å². The smallest absolute Gasteiger partial charge is 0.231 e. The maximum absolute atomic E-state index is 12.9. The van der Waals surface area contributed by atoms with Gasteiger partial charge in [0.2, 0.25) is 11.7 Å². The van der Waals surface area contributed by atoms with Crippen molar-refractivity contribution in [3.05, 3.63) is 72.0 Å². The third-order valence-corrected chi connectivity index (χ3v) is 3.59. The van der Waals surface area contributed by atoms with Gasteiger partial charge >= 0.3 is 0 Å². The average Bonchev–Trinajstić information content (AvgIpc) is 3.16. The SMILES string of the molecule is Fc1ccc(-c2noc(Cc3c[nH]c4ccccc34)n2)cc1. The van der Waals surface area contributed by atoms with E-state index >= 15 is 0 Å². The maximum atomic E-state index is 12.9. The zero-order chi connectivity index (χ0) is 14.9. The first-order valence-electron chi connectivity index (χ1n) is 6.93. The van der Waals surface area contributed by atoms with Crippen molar-refractivity contribution >= 4 is 10.9 Å². The molecule has 0 aliphatic carbocycles. The molecular weight excluding hydrogens is 281 g/mol. The van der Waals surface area contributed by atoms with Gasteiger partial charge in [-0.05, 0) is 35.9 Å². The number of hydrogen-bond donors (Lipinski definition) is 1. The second kappa shape index (κ2) is 5.11. The summed E-state index contributed by atoms with van der Waals surface area (Å²) in [5, 5.41) is 5.10. The predicted octanol–water partition coefficient (Wildman–Crippen LogP) is 3.95. The summed E-state index contributed by atoms with van der Waals surface area (Å²) in [5.41, 5.74) is 2.91. The molecule has 0 aliphatic rings. The number of rotatable bonds is 3. The minimum atomic E-state index is -0.286. The van der Waals surface area contributed by atoms with E-state index < -0.39 is 0 Å². The minimum absolute atomic E-state index is 0.286. The Bertz CT molecular complexity index is 924. The highest BCUT2D eigenvalue weighted by atomic mass is 19.1. The Morgan fingerprint density at radius 1 is 1.05 bits per heavy atom. The van der Waals surface area contributed by atoms with Crippen LogP contribution in [-0.4, -0.2) is 15.1 Å². The van der Waals surface area contributed by atoms with E-state index in [1.54, 1.807) is 12.1 Å². The van der Waals surface area contributed by atoms with Crippen molar-refractivity contribution in [3.63, 3.8) is 0 Å². The van der Waals surface area contributed by atoms with Gasteiger partial charge in [-0.15, -0.1) is 0 Å². The molecule has 0 unspecified atom stereocenters. The summed E-state index contributed by atoms with van der Waals surface area (Å²) in [7, 11) is 0. The normalized spacial score (nSPS) is 11.1. The number of benzene rings is 2. The Labute approximate surface area is 125 Å².